The lowest BCUT2D eigenvalue weighted by Crippen LogP contribution is -2.43. The summed E-state index contributed by atoms with van der Waals surface area (Å²) in [7, 11) is 0. The number of aromatic nitrogens is 2. The number of nitrogens with one attached hydrogen (secondary N) is 2. The summed E-state index contributed by atoms with van der Waals surface area (Å²) in [6, 6.07) is 9.81. The first-order valence-corrected chi connectivity index (χ1v) is 10.5. The minimum atomic E-state index is -0.327. The molecule has 0 radical (unpaired) electrons. The molecule has 0 saturated heterocycles. The monoisotopic (exact) mass is 435 g/mol. The first-order valence-electron chi connectivity index (χ1n) is 10.5. The molecule has 2 heterocycles. The number of fused-ring (bicyclic) bond motifs is 1. The van der Waals surface area contributed by atoms with Crippen LogP contribution in [0.1, 0.15) is 29.2 Å². The van der Waals surface area contributed by atoms with E-state index in [0.29, 0.717) is 11.5 Å². The molecular formula is C24H26FN5O2. The Bertz CT molecular complexity index is 1180. The summed E-state index contributed by atoms with van der Waals surface area (Å²) >= 11 is 0. The molecule has 2 amide bonds. The third-order valence-corrected chi connectivity index (χ3v) is 5.57. The Morgan fingerprint density at radius 2 is 1.88 bits per heavy atom. The Kier molecular flexibility index (Phi) is 5.80. The SMILES string of the molecule is Cc1cc(F)ccc1-c1nc(N[C@H](C)CO)nc2c1CNC(=O)N2c1c(C)cccc1C. The van der Waals surface area contributed by atoms with Crippen molar-refractivity contribution in [3.05, 3.63) is 64.5 Å². The lowest BCUT2D eigenvalue weighted by molar-refractivity contribution is 0.246. The van der Waals surface area contributed by atoms with Gasteiger partial charge in [-0.25, -0.2) is 19.1 Å². The molecule has 32 heavy (non-hydrogen) atoms. The number of hydrogen-bond donors (Lipinski definition) is 3. The number of halogens is 1. The second-order valence-corrected chi connectivity index (χ2v) is 8.12. The fourth-order valence-electron chi connectivity index (χ4n) is 3.97. The van der Waals surface area contributed by atoms with Gasteiger partial charge in [-0.05, 0) is 62.6 Å². The number of rotatable bonds is 5. The molecule has 166 valence electrons. The number of carbonyl (C=O) groups is 1. The second kappa shape index (κ2) is 8.55. The highest BCUT2D eigenvalue weighted by Crippen LogP contribution is 2.39. The van der Waals surface area contributed by atoms with Gasteiger partial charge in [0.1, 0.15) is 5.82 Å². The Balaban J connectivity index is 1.99. The van der Waals surface area contributed by atoms with Crippen LogP contribution in [0.25, 0.3) is 11.3 Å². The molecule has 0 unspecified atom stereocenters. The van der Waals surface area contributed by atoms with E-state index in [9.17, 15) is 14.3 Å². The highest BCUT2D eigenvalue weighted by molar-refractivity contribution is 6.03. The maximum atomic E-state index is 13.8. The Labute approximate surface area is 186 Å². The molecule has 2 aromatic carbocycles. The van der Waals surface area contributed by atoms with Crippen LogP contribution in [0.2, 0.25) is 0 Å². The van der Waals surface area contributed by atoms with Crippen LogP contribution < -0.4 is 15.5 Å². The highest BCUT2D eigenvalue weighted by atomic mass is 19.1. The number of amides is 2. The van der Waals surface area contributed by atoms with Crippen LogP contribution in [0, 0.1) is 26.6 Å². The van der Waals surface area contributed by atoms with Crippen LogP contribution in [0.3, 0.4) is 0 Å². The normalized spacial score (nSPS) is 14.1. The predicted molar refractivity (Wildman–Crippen MR) is 123 cm³/mol. The minimum Gasteiger partial charge on any atom is -0.394 e. The fourth-order valence-corrected chi connectivity index (χ4v) is 3.97. The van der Waals surface area contributed by atoms with Crippen molar-refractivity contribution in [2.45, 2.75) is 40.3 Å². The molecule has 1 atom stereocenters. The Morgan fingerprint density at radius 3 is 2.53 bits per heavy atom. The van der Waals surface area contributed by atoms with Gasteiger partial charge in [0.15, 0.2) is 5.82 Å². The van der Waals surface area contributed by atoms with E-state index in [1.165, 1.54) is 12.1 Å². The van der Waals surface area contributed by atoms with Crippen LogP contribution in [0.15, 0.2) is 36.4 Å². The lowest BCUT2D eigenvalue weighted by atomic mass is 9.99. The van der Waals surface area contributed by atoms with E-state index in [1.54, 1.807) is 11.0 Å². The number of hydrogen-bond acceptors (Lipinski definition) is 5. The summed E-state index contributed by atoms with van der Waals surface area (Å²) in [5.74, 6) is 0.425. The van der Waals surface area contributed by atoms with Gasteiger partial charge in [-0.15, -0.1) is 0 Å². The molecular weight excluding hydrogens is 409 g/mol. The molecule has 4 rings (SSSR count). The van der Waals surface area contributed by atoms with E-state index in [4.69, 9.17) is 4.98 Å². The van der Waals surface area contributed by atoms with Gasteiger partial charge in [-0.3, -0.25) is 0 Å². The molecule has 0 saturated carbocycles. The predicted octanol–water partition coefficient (Wildman–Crippen LogP) is 4.36. The molecule has 0 bridgehead atoms. The molecule has 1 aliphatic rings. The van der Waals surface area contributed by atoms with Crippen LogP contribution in [-0.4, -0.2) is 33.8 Å². The molecule has 7 nitrogen and oxygen atoms in total. The quantitative estimate of drug-likeness (QED) is 0.554. The van der Waals surface area contributed by atoms with Crippen molar-refractivity contribution in [2.75, 3.05) is 16.8 Å². The van der Waals surface area contributed by atoms with Crippen LogP contribution in [-0.2, 0) is 6.54 Å². The Hall–Kier alpha value is -3.52. The van der Waals surface area contributed by atoms with Gasteiger partial charge in [-0.1, -0.05) is 18.2 Å². The topological polar surface area (TPSA) is 90.4 Å². The average molecular weight is 436 g/mol. The van der Waals surface area contributed by atoms with Crippen molar-refractivity contribution in [2.24, 2.45) is 0 Å². The van der Waals surface area contributed by atoms with Gasteiger partial charge < -0.3 is 15.7 Å². The molecule has 1 aromatic heterocycles. The van der Waals surface area contributed by atoms with Gasteiger partial charge in [0.2, 0.25) is 5.95 Å². The number of aryl methyl sites for hydroxylation is 3. The smallest absolute Gasteiger partial charge is 0.328 e. The zero-order valence-corrected chi connectivity index (χ0v) is 18.5. The molecule has 3 N–H and O–H groups in total. The van der Waals surface area contributed by atoms with Gasteiger partial charge >= 0.3 is 6.03 Å². The first-order chi connectivity index (χ1) is 15.3. The van der Waals surface area contributed by atoms with E-state index < -0.39 is 0 Å². The van der Waals surface area contributed by atoms with Crippen molar-refractivity contribution in [1.82, 2.24) is 15.3 Å². The number of para-hydroxylation sites is 1. The zero-order valence-electron chi connectivity index (χ0n) is 18.5. The summed E-state index contributed by atoms with van der Waals surface area (Å²) in [5, 5.41) is 15.5. The third kappa shape index (κ3) is 3.89. The summed E-state index contributed by atoms with van der Waals surface area (Å²) in [6.07, 6.45) is 0. The fraction of sp³-hybridized carbons (Fsp3) is 0.292. The first kappa shape index (κ1) is 21.7. The van der Waals surface area contributed by atoms with Crippen molar-refractivity contribution >= 4 is 23.5 Å². The van der Waals surface area contributed by atoms with Crippen LogP contribution >= 0.6 is 0 Å². The number of nitrogens with zero attached hydrogens (tertiary/aromatic N) is 3. The molecule has 0 spiro atoms. The van der Waals surface area contributed by atoms with E-state index in [2.05, 4.69) is 15.6 Å². The van der Waals surface area contributed by atoms with Gasteiger partial charge in [0.25, 0.3) is 0 Å². The number of carbonyl (C=O) groups excluding carboxylic acids is 1. The number of aliphatic hydroxyl groups is 1. The number of anilines is 3. The second-order valence-electron chi connectivity index (χ2n) is 8.12. The third-order valence-electron chi connectivity index (χ3n) is 5.57. The number of benzene rings is 2. The van der Waals surface area contributed by atoms with Crippen LogP contribution in [0.4, 0.5) is 26.6 Å². The minimum absolute atomic E-state index is 0.105. The number of urea groups is 1. The standard InChI is InChI=1S/C24H26FN5O2/c1-13-6-5-7-14(2)21(13)30-22-19(11-26-24(30)32)20(18-9-8-17(25)10-15(18)3)28-23(29-22)27-16(4)12-31/h5-10,16,31H,11-12H2,1-4H3,(H,26,32)(H,27,28,29)/t16-/m1/s1. The van der Waals surface area contributed by atoms with Gasteiger partial charge in [0.05, 0.1) is 24.5 Å². The van der Waals surface area contributed by atoms with Crippen molar-refractivity contribution < 1.29 is 14.3 Å². The van der Waals surface area contributed by atoms with Crippen molar-refractivity contribution in [3.63, 3.8) is 0 Å². The average Bonchev–Trinajstić information content (AvgIpc) is 2.74. The summed E-state index contributed by atoms with van der Waals surface area (Å²) in [6.45, 7) is 7.67. The van der Waals surface area contributed by atoms with Gasteiger partial charge in [-0.2, -0.15) is 4.98 Å². The van der Waals surface area contributed by atoms with E-state index in [0.717, 1.165) is 33.5 Å². The highest BCUT2D eigenvalue weighted by Gasteiger charge is 2.32. The summed E-state index contributed by atoms with van der Waals surface area (Å²) in [4.78, 5) is 24.0. The molecule has 0 aliphatic carbocycles. The van der Waals surface area contributed by atoms with E-state index >= 15 is 0 Å². The lowest BCUT2D eigenvalue weighted by Gasteiger charge is -2.32. The number of aliphatic hydroxyl groups excluding tert-OH is 1. The summed E-state index contributed by atoms with van der Waals surface area (Å²) in [5.41, 5.74) is 5.45. The maximum absolute atomic E-state index is 13.8. The zero-order chi connectivity index (χ0) is 23.0. The van der Waals surface area contributed by atoms with Crippen molar-refractivity contribution in [3.8, 4) is 11.3 Å². The molecule has 1 aliphatic heterocycles. The Morgan fingerprint density at radius 1 is 1.16 bits per heavy atom. The van der Waals surface area contributed by atoms with Gasteiger partial charge in [0, 0.05) is 17.2 Å². The maximum Gasteiger partial charge on any atom is 0.328 e. The van der Waals surface area contributed by atoms with Crippen LogP contribution in [0.5, 0.6) is 0 Å². The molecule has 8 heteroatoms. The molecule has 3 aromatic rings. The van der Waals surface area contributed by atoms with E-state index in [1.807, 2.05) is 45.9 Å². The van der Waals surface area contributed by atoms with Crippen molar-refractivity contribution in [1.29, 1.82) is 0 Å². The summed E-state index contributed by atoms with van der Waals surface area (Å²) < 4.78 is 13.8. The largest absolute Gasteiger partial charge is 0.394 e. The molecule has 0 fully saturated rings. The van der Waals surface area contributed by atoms with E-state index in [-0.39, 0.29) is 37.0 Å².